The molecule has 14 heavy (non-hydrogen) atoms. The van der Waals surface area contributed by atoms with Gasteiger partial charge in [-0.3, -0.25) is 0 Å². The van der Waals surface area contributed by atoms with Gasteiger partial charge in [0.1, 0.15) is 18.0 Å². The largest absolute Gasteiger partial charge is 0.357 e. The topological polar surface area (TPSA) is 67.1 Å². The standard InChI is InChI=1S/C9H17N5/c1-6(2)14(4)9-7(3)8(13-10)11-5-12-9/h5-6H,10H2,1-4H3,(H,11,12,13). The van der Waals surface area contributed by atoms with Gasteiger partial charge in [-0.05, 0) is 20.8 Å². The Morgan fingerprint density at radius 2 is 2.07 bits per heavy atom. The SMILES string of the molecule is Cc1c(NN)ncnc1N(C)C(C)C. The summed E-state index contributed by atoms with van der Waals surface area (Å²) < 4.78 is 0. The molecule has 5 heteroatoms. The third kappa shape index (κ3) is 1.93. The number of nitrogens with one attached hydrogen (secondary N) is 1. The third-order valence-electron chi connectivity index (χ3n) is 2.30. The van der Waals surface area contributed by atoms with Crippen LogP contribution in [0, 0.1) is 6.92 Å². The van der Waals surface area contributed by atoms with E-state index in [1.807, 2.05) is 14.0 Å². The van der Waals surface area contributed by atoms with Crippen LogP contribution in [0.25, 0.3) is 0 Å². The number of rotatable bonds is 3. The van der Waals surface area contributed by atoms with Crippen molar-refractivity contribution in [2.24, 2.45) is 5.84 Å². The van der Waals surface area contributed by atoms with Crippen LogP contribution in [0.3, 0.4) is 0 Å². The predicted octanol–water partition coefficient (Wildman–Crippen LogP) is 0.915. The van der Waals surface area contributed by atoms with E-state index in [1.54, 1.807) is 0 Å². The number of nitrogens with zero attached hydrogens (tertiary/aromatic N) is 3. The summed E-state index contributed by atoms with van der Waals surface area (Å²) in [5.74, 6) is 6.91. The van der Waals surface area contributed by atoms with Gasteiger partial charge in [0.2, 0.25) is 0 Å². The van der Waals surface area contributed by atoms with Gasteiger partial charge < -0.3 is 10.3 Å². The van der Waals surface area contributed by atoms with E-state index in [0.29, 0.717) is 11.9 Å². The van der Waals surface area contributed by atoms with Crippen LogP contribution in [0.5, 0.6) is 0 Å². The zero-order valence-corrected chi connectivity index (χ0v) is 9.07. The number of aromatic nitrogens is 2. The summed E-state index contributed by atoms with van der Waals surface area (Å²) in [7, 11) is 2.00. The lowest BCUT2D eigenvalue weighted by atomic mass is 10.2. The summed E-state index contributed by atoms with van der Waals surface area (Å²) in [6, 6.07) is 0.397. The van der Waals surface area contributed by atoms with Gasteiger partial charge >= 0.3 is 0 Å². The first-order chi connectivity index (χ1) is 6.57. The molecule has 0 spiro atoms. The second-order valence-electron chi connectivity index (χ2n) is 3.52. The van der Waals surface area contributed by atoms with E-state index >= 15 is 0 Å². The maximum Gasteiger partial charge on any atom is 0.148 e. The average molecular weight is 195 g/mol. The van der Waals surface area contributed by atoms with E-state index in [9.17, 15) is 0 Å². The average Bonchev–Trinajstić information content (AvgIpc) is 2.17. The number of anilines is 2. The summed E-state index contributed by atoms with van der Waals surface area (Å²) in [6.45, 7) is 6.16. The van der Waals surface area contributed by atoms with Crippen LogP contribution in [-0.2, 0) is 0 Å². The number of hydrogen-bond donors (Lipinski definition) is 2. The van der Waals surface area contributed by atoms with Crippen LogP contribution < -0.4 is 16.2 Å². The van der Waals surface area contributed by atoms with E-state index in [1.165, 1.54) is 6.33 Å². The summed E-state index contributed by atoms with van der Waals surface area (Å²) in [6.07, 6.45) is 1.51. The molecule has 0 fully saturated rings. The molecule has 0 radical (unpaired) electrons. The Hall–Kier alpha value is -1.36. The minimum Gasteiger partial charge on any atom is -0.357 e. The highest BCUT2D eigenvalue weighted by atomic mass is 15.3. The fourth-order valence-electron chi connectivity index (χ4n) is 1.19. The van der Waals surface area contributed by atoms with Crippen molar-refractivity contribution in [3.8, 4) is 0 Å². The number of nitrogen functional groups attached to an aromatic ring is 1. The van der Waals surface area contributed by atoms with Crippen molar-refractivity contribution in [1.82, 2.24) is 9.97 Å². The van der Waals surface area contributed by atoms with Crippen molar-refractivity contribution in [3.05, 3.63) is 11.9 Å². The fourth-order valence-corrected chi connectivity index (χ4v) is 1.19. The molecule has 0 aliphatic carbocycles. The van der Waals surface area contributed by atoms with Gasteiger partial charge in [-0.15, -0.1) is 0 Å². The Morgan fingerprint density at radius 3 is 2.57 bits per heavy atom. The van der Waals surface area contributed by atoms with E-state index in [-0.39, 0.29) is 0 Å². The molecular weight excluding hydrogens is 178 g/mol. The summed E-state index contributed by atoms with van der Waals surface area (Å²) in [4.78, 5) is 10.3. The van der Waals surface area contributed by atoms with Gasteiger partial charge in [0.05, 0.1) is 0 Å². The number of hydrazine groups is 1. The minimum absolute atomic E-state index is 0.397. The molecule has 1 aromatic rings. The highest BCUT2D eigenvalue weighted by Gasteiger charge is 2.12. The zero-order chi connectivity index (χ0) is 10.7. The lowest BCUT2D eigenvalue weighted by Crippen LogP contribution is -2.28. The molecular formula is C9H17N5. The van der Waals surface area contributed by atoms with Crippen LogP contribution >= 0.6 is 0 Å². The highest BCUT2D eigenvalue weighted by molar-refractivity contribution is 5.57. The van der Waals surface area contributed by atoms with Gasteiger partial charge in [0, 0.05) is 18.7 Å². The first kappa shape index (κ1) is 10.7. The normalized spacial score (nSPS) is 10.4. The quantitative estimate of drug-likeness (QED) is 0.554. The molecule has 5 nitrogen and oxygen atoms in total. The second-order valence-corrected chi connectivity index (χ2v) is 3.52. The van der Waals surface area contributed by atoms with Crippen molar-refractivity contribution in [2.45, 2.75) is 26.8 Å². The van der Waals surface area contributed by atoms with Crippen molar-refractivity contribution < 1.29 is 0 Å². The van der Waals surface area contributed by atoms with E-state index < -0.39 is 0 Å². The Morgan fingerprint density at radius 1 is 1.43 bits per heavy atom. The van der Waals surface area contributed by atoms with E-state index in [0.717, 1.165) is 11.4 Å². The van der Waals surface area contributed by atoms with Crippen LogP contribution in [0.1, 0.15) is 19.4 Å². The monoisotopic (exact) mass is 195 g/mol. The van der Waals surface area contributed by atoms with Gasteiger partial charge in [-0.1, -0.05) is 0 Å². The van der Waals surface area contributed by atoms with Crippen LogP contribution in [0.4, 0.5) is 11.6 Å². The van der Waals surface area contributed by atoms with Crippen molar-refractivity contribution in [2.75, 3.05) is 17.4 Å². The molecule has 1 rings (SSSR count). The summed E-state index contributed by atoms with van der Waals surface area (Å²) in [5, 5.41) is 0. The Labute approximate surface area is 84.3 Å². The van der Waals surface area contributed by atoms with Gasteiger partial charge in [0.25, 0.3) is 0 Å². The van der Waals surface area contributed by atoms with E-state index in [4.69, 9.17) is 5.84 Å². The van der Waals surface area contributed by atoms with Crippen LogP contribution in [-0.4, -0.2) is 23.1 Å². The second kappa shape index (κ2) is 4.23. The van der Waals surface area contributed by atoms with Crippen LogP contribution in [0.2, 0.25) is 0 Å². The molecule has 0 aromatic carbocycles. The lowest BCUT2D eigenvalue weighted by molar-refractivity contribution is 0.738. The zero-order valence-electron chi connectivity index (χ0n) is 9.07. The lowest BCUT2D eigenvalue weighted by Gasteiger charge is -2.24. The maximum atomic E-state index is 5.34. The summed E-state index contributed by atoms with van der Waals surface area (Å²) >= 11 is 0. The highest BCUT2D eigenvalue weighted by Crippen LogP contribution is 2.21. The molecule has 1 aromatic heterocycles. The summed E-state index contributed by atoms with van der Waals surface area (Å²) in [5.41, 5.74) is 3.52. The molecule has 0 amide bonds. The molecule has 3 N–H and O–H groups in total. The molecule has 0 saturated carbocycles. The predicted molar refractivity (Wildman–Crippen MR) is 58.1 cm³/mol. The molecule has 0 unspecified atom stereocenters. The van der Waals surface area contributed by atoms with Gasteiger partial charge in [0.15, 0.2) is 0 Å². The van der Waals surface area contributed by atoms with Crippen molar-refractivity contribution in [3.63, 3.8) is 0 Å². The van der Waals surface area contributed by atoms with Crippen LogP contribution in [0.15, 0.2) is 6.33 Å². The first-order valence-electron chi connectivity index (χ1n) is 4.59. The molecule has 78 valence electrons. The van der Waals surface area contributed by atoms with E-state index in [2.05, 4.69) is 34.1 Å². The molecule has 0 atom stereocenters. The molecule has 0 aliphatic rings. The molecule has 0 saturated heterocycles. The fraction of sp³-hybridized carbons (Fsp3) is 0.556. The molecule has 1 heterocycles. The minimum atomic E-state index is 0.397. The van der Waals surface area contributed by atoms with Gasteiger partial charge in [-0.2, -0.15) is 0 Å². The third-order valence-corrected chi connectivity index (χ3v) is 2.30. The first-order valence-corrected chi connectivity index (χ1v) is 4.59. The Bertz CT molecular complexity index is 310. The molecule has 0 aliphatic heterocycles. The smallest absolute Gasteiger partial charge is 0.148 e. The number of nitrogens with two attached hydrogens (primary N) is 1. The number of hydrogen-bond acceptors (Lipinski definition) is 5. The Kier molecular flexibility index (Phi) is 3.24. The van der Waals surface area contributed by atoms with Crippen molar-refractivity contribution >= 4 is 11.6 Å². The van der Waals surface area contributed by atoms with Gasteiger partial charge in [-0.25, -0.2) is 15.8 Å². The Balaban J connectivity index is 3.09. The molecule has 0 bridgehead atoms. The van der Waals surface area contributed by atoms with Crippen molar-refractivity contribution in [1.29, 1.82) is 0 Å². The maximum absolute atomic E-state index is 5.34.